The quantitative estimate of drug-likeness (QED) is 0.817. The summed E-state index contributed by atoms with van der Waals surface area (Å²) < 4.78 is 0. The van der Waals surface area contributed by atoms with E-state index in [1.54, 1.807) is 0 Å². The Hall–Kier alpha value is -0.0800. The number of nitrogens with one attached hydrogen (secondary N) is 1. The third kappa shape index (κ3) is 3.95. The monoisotopic (exact) mass is 266 g/mol. The SMILES string of the molecule is CC(C)C1CCCCC1N(CC1CCCN1)C(C)C. The van der Waals surface area contributed by atoms with Crippen LogP contribution in [0.1, 0.15) is 66.2 Å². The Morgan fingerprint density at radius 2 is 1.74 bits per heavy atom. The van der Waals surface area contributed by atoms with Crippen molar-refractivity contribution < 1.29 is 0 Å². The van der Waals surface area contributed by atoms with E-state index < -0.39 is 0 Å². The molecule has 1 aliphatic carbocycles. The van der Waals surface area contributed by atoms with Crippen LogP contribution >= 0.6 is 0 Å². The molecule has 1 aliphatic heterocycles. The lowest BCUT2D eigenvalue weighted by molar-refractivity contribution is 0.0483. The van der Waals surface area contributed by atoms with Crippen molar-refractivity contribution in [2.75, 3.05) is 13.1 Å². The van der Waals surface area contributed by atoms with Gasteiger partial charge in [0.25, 0.3) is 0 Å². The van der Waals surface area contributed by atoms with Gasteiger partial charge in [-0.15, -0.1) is 0 Å². The molecule has 1 heterocycles. The van der Waals surface area contributed by atoms with Crippen LogP contribution in [0, 0.1) is 11.8 Å². The van der Waals surface area contributed by atoms with Gasteiger partial charge in [0.05, 0.1) is 0 Å². The van der Waals surface area contributed by atoms with Gasteiger partial charge in [0.2, 0.25) is 0 Å². The third-order valence-electron chi connectivity index (χ3n) is 5.32. The van der Waals surface area contributed by atoms with Crippen molar-refractivity contribution in [2.24, 2.45) is 11.8 Å². The van der Waals surface area contributed by atoms with Crippen LogP contribution in [0.3, 0.4) is 0 Å². The lowest BCUT2D eigenvalue weighted by Crippen LogP contribution is -2.51. The number of nitrogens with zero attached hydrogens (tertiary/aromatic N) is 1. The van der Waals surface area contributed by atoms with E-state index in [-0.39, 0.29) is 0 Å². The van der Waals surface area contributed by atoms with Crippen LogP contribution in [0.4, 0.5) is 0 Å². The van der Waals surface area contributed by atoms with Crippen LogP contribution in [0.2, 0.25) is 0 Å². The average Bonchev–Trinajstić information content (AvgIpc) is 2.88. The number of hydrogen-bond donors (Lipinski definition) is 1. The topological polar surface area (TPSA) is 15.3 Å². The summed E-state index contributed by atoms with van der Waals surface area (Å²) in [5, 5.41) is 3.68. The maximum Gasteiger partial charge on any atom is 0.0195 e. The van der Waals surface area contributed by atoms with Crippen molar-refractivity contribution in [2.45, 2.75) is 84.3 Å². The molecule has 0 spiro atoms. The molecule has 2 heteroatoms. The molecule has 3 atom stereocenters. The van der Waals surface area contributed by atoms with Crippen LogP contribution in [0.15, 0.2) is 0 Å². The normalized spacial score (nSPS) is 32.7. The summed E-state index contributed by atoms with van der Waals surface area (Å²) in [7, 11) is 0. The van der Waals surface area contributed by atoms with Gasteiger partial charge in [0, 0.05) is 24.7 Å². The molecule has 0 aromatic heterocycles. The van der Waals surface area contributed by atoms with E-state index in [0.29, 0.717) is 6.04 Å². The third-order valence-corrected chi connectivity index (χ3v) is 5.32. The molecule has 112 valence electrons. The predicted octanol–water partition coefficient (Wildman–Crippen LogP) is 3.66. The van der Waals surface area contributed by atoms with Gasteiger partial charge in [-0.1, -0.05) is 26.7 Å². The molecule has 2 aliphatic rings. The van der Waals surface area contributed by atoms with E-state index in [0.717, 1.165) is 23.9 Å². The van der Waals surface area contributed by atoms with Gasteiger partial charge >= 0.3 is 0 Å². The molecule has 0 aromatic carbocycles. The van der Waals surface area contributed by atoms with Gasteiger partial charge in [0.15, 0.2) is 0 Å². The van der Waals surface area contributed by atoms with Crippen molar-refractivity contribution in [3.8, 4) is 0 Å². The van der Waals surface area contributed by atoms with Crippen molar-refractivity contribution >= 4 is 0 Å². The minimum Gasteiger partial charge on any atom is -0.313 e. The van der Waals surface area contributed by atoms with Crippen molar-refractivity contribution in [1.29, 1.82) is 0 Å². The van der Waals surface area contributed by atoms with Crippen molar-refractivity contribution in [3.05, 3.63) is 0 Å². The number of hydrogen-bond acceptors (Lipinski definition) is 2. The summed E-state index contributed by atoms with van der Waals surface area (Å²) in [5.41, 5.74) is 0. The van der Waals surface area contributed by atoms with E-state index in [1.807, 2.05) is 0 Å². The molecule has 1 saturated heterocycles. The highest BCUT2D eigenvalue weighted by Crippen LogP contribution is 2.34. The van der Waals surface area contributed by atoms with Crippen LogP contribution in [-0.2, 0) is 0 Å². The first-order valence-corrected chi connectivity index (χ1v) is 8.58. The Bertz CT molecular complexity index is 256. The Labute approximate surface area is 120 Å². The zero-order valence-corrected chi connectivity index (χ0v) is 13.5. The lowest BCUT2D eigenvalue weighted by Gasteiger charge is -2.45. The smallest absolute Gasteiger partial charge is 0.0195 e. The van der Waals surface area contributed by atoms with E-state index >= 15 is 0 Å². The second-order valence-corrected chi connectivity index (χ2v) is 7.34. The minimum absolute atomic E-state index is 0.687. The summed E-state index contributed by atoms with van der Waals surface area (Å²) >= 11 is 0. The van der Waals surface area contributed by atoms with Crippen molar-refractivity contribution in [3.63, 3.8) is 0 Å². The maximum absolute atomic E-state index is 3.68. The molecule has 19 heavy (non-hydrogen) atoms. The standard InChI is InChI=1S/C17H34N2/c1-13(2)16-9-5-6-10-17(16)19(14(3)4)12-15-8-7-11-18-15/h13-18H,5-12H2,1-4H3. The molecule has 1 saturated carbocycles. The second-order valence-electron chi connectivity index (χ2n) is 7.34. The van der Waals surface area contributed by atoms with E-state index in [9.17, 15) is 0 Å². The highest BCUT2D eigenvalue weighted by Gasteiger charge is 2.34. The van der Waals surface area contributed by atoms with Gasteiger partial charge in [-0.3, -0.25) is 4.90 Å². The molecule has 0 amide bonds. The number of rotatable bonds is 5. The Morgan fingerprint density at radius 3 is 2.32 bits per heavy atom. The Kier molecular flexibility index (Phi) is 5.70. The van der Waals surface area contributed by atoms with Crippen molar-refractivity contribution in [1.82, 2.24) is 10.2 Å². The Morgan fingerprint density at radius 1 is 1.00 bits per heavy atom. The fourth-order valence-electron chi connectivity index (χ4n) is 4.23. The predicted molar refractivity (Wildman–Crippen MR) is 83.5 cm³/mol. The zero-order chi connectivity index (χ0) is 13.8. The van der Waals surface area contributed by atoms with Crippen LogP contribution in [-0.4, -0.2) is 36.1 Å². The minimum atomic E-state index is 0.687. The Balaban J connectivity index is 2.02. The summed E-state index contributed by atoms with van der Waals surface area (Å²) in [5.74, 6) is 1.75. The first kappa shape index (κ1) is 15.3. The summed E-state index contributed by atoms with van der Waals surface area (Å²) in [6, 6.07) is 2.26. The van der Waals surface area contributed by atoms with Crippen LogP contribution in [0.25, 0.3) is 0 Å². The molecule has 3 unspecified atom stereocenters. The first-order chi connectivity index (χ1) is 9.09. The summed E-state index contributed by atoms with van der Waals surface area (Å²) in [6.45, 7) is 12.1. The molecular weight excluding hydrogens is 232 g/mol. The fourth-order valence-corrected chi connectivity index (χ4v) is 4.23. The van der Waals surface area contributed by atoms with Gasteiger partial charge in [-0.2, -0.15) is 0 Å². The maximum atomic E-state index is 3.68. The van der Waals surface area contributed by atoms with Crippen LogP contribution < -0.4 is 5.32 Å². The first-order valence-electron chi connectivity index (χ1n) is 8.58. The molecule has 2 rings (SSSR count). The molecule has 1 N–H and O–H groups in total. The molecule has 2 nitrogen and oxygen atoms in total. The fraction of sp³-hybridized carbons (Fsp3) is 1.00. The molecule has 2 fully saturated rings. The van der Waals surface area contributed by atoms with Gasteiger partial charge < -0.3 is 5.32 Å². The summed E-state index contributed by atoms with van der Waals surface area (Å²) in [4.78, 5) is 2.83. The van der Waals surface area contributed by atoms with E-state index in [2.05, 4.69) is 37.9 Å². The van der Waals surface area contributed by atoms with E-state index in [4.69, 9.17) is 0 Å². The van der Waals surface area contributed by atoms with Gasteiger partial charge in [0.1, 0.15) is 0 Å². The molecule has 0 radical (unpaired) electrons. The largest absolute Gasteiger partial charge is 0.313 e. The molecule has 0 bridgehead atoms. The van der Waals surface area contributed by atoms with Gasteiger partial charge in [-0.05, 0) is 57.9 Å². The lowest BCUT2D eigenvalue weighted by atomic mass is 9.76. The van der Waals surface area contributed by atoms with Gasteiger partial charge in [-0.25, -0.2) is 0 Å². The zero-order valence-electron chi connectivity index (χ0n) is 13.5. The molecular formula is C17H34N2. The van der Waals surface area contributed by atoms with E-state index in [1.165, 1.54) is 51.6 Å². The second kappa shape index (κ2) is 7.08. The summed E-state index contributed by atoms with van der Waals surface area (Å²) in [6.07, 6.45) is 8.51. The molecule has 0 aromatic rings. The van der Waals surface area contributed by atoms with Crippen LogP contribution in [0.5, 0.6) is 0 Å². The average molecular weight is 266 g/mol. The highest BCUT2D eigenvalue weighted by molar-refractivity contribution is 4.89. The highest BCUT2D eigenvalue weighted by atomic mass is 15.2.